The maximum Gasteiger partial charge on any atom is 0.220 e. The molecule has 0 unspecified atom stereocenters. The maximum absolute atomic E-state index is 11.6. The van der Waals surface area contributed by atoms with Crippen molar-refractivity contribution in [2.45, 2.75) is 32.2 Å². The van der Waals surface area contributed by atoms with E-state index in [1.165, 1.54) is 0 Å². The molecule has 0 heterocycles. The zero-order chi connectivity index (χ0) is 13.4. The number of amides is 1. The molecule has 1 rings (SSSR count). The molecule has 0 aliphatic rings. The second kappa shape index (κ2) is 7.71. The zero-order valence-corrected chi connectivity index (χ0v) is 11.0. The van der Waals surface area contributed by atoms with Crippen LogP contribution in [0.25, 0.3) is 0 Å². The van der Waals surface area contributed by atoms with Gasteiger partial charge in [-0.25, -0.2) is 0 Å². The molecule has 0 aliphatic carbocycles. The summed E-state index contributed by atoms with van der Waals surface area (Å²) in [5.41, 5.74) is 1.07. The molecule has 0 fully saturated rings. The van der Waals surface area contributed by atoms with Crippen molar-refractivity contribution in [2.24, 2.45) is 0 Å². The molecule has 0 radical (unpaired) electrons. The van der Waals surface area contributed by atoms with Crippen molar-refractivity contribution in [3.05, 3.63) is 29.8 Å². The van der Waals surface area contributed by atoms with Crippen molar-refractivity contribution in [3.63, 3.8) is 0 Å². The summed E-state index contributed by atoms with van der Waals surface area (Å²) in [7, 11) is 1.62. The van der Waals surface area contributed by atoms with Crippen molar-refractivity contribution >= 4 is 5.91 Å². The van der Waals surface area contributed by atoms with Gasteiger partial charge in [0.15, 0.2) is 0 Å². The Hall–Kier alpha value is -1.55. The second-order valence-electron chi connectivity index (χ2n) is 4.21. The van der Waals surface area contributed by atoms with Crippen LogP contribution in [0.5, 0.6) is 5.75 Å². The first-order valence-electron chi connectivity index (χ1n) is 6.22. The predicted octanol–water partition coefficient (Wildman–Crippen LogP) is 1.51. The number of nitrogens with one attached hydrogen (secondary N) is 1. The lowest BCUT2D eigenvalue weighted by Gasteiger charge is -2.13. The zero-order valence-electron chi connectivity index (χ0n) is 11.0. The predicted molar refractivity (Wildman–Crippen MR) is 70.6 cm³/mol. The molecular weight excluding hydrogens is 230 g/mol. The van der Waals surface area contributed by atoms with Crippen molar-refractivity contribution < 1.29 is 14.6 Å². The largest absolute Gasteiger partial charge is 0.497 e. The number of aliphatic hydroxyl groups excluding tert-OH is 1. The smallest absolute Gasteiger partial charge is 0.220 e. The van der Waals surface area contributed by atoms with Crippen LogP contribution in [-0.2, 0) is 11.2 Å². The SMILES string of the molecule is CC[C@H](CO)NC(=O)CCc1cccc(OC)c1. The standard InChI is InChI=1S/C14H21NO3/c1-3-12(10-16)15-14(17)8-7-11-5-4-6-13(9-11)18-2/h4-6,9,12,16H,3,7-8,10H2,1-2H3,(H,15,17)/t12-/m1/s1. The van der Waals surface area contributed by atoms with Crippen molar-refractivity contribution in [1.82, 2.24) is 5.32 Å². The Kier molecular flexibility index (Phi) is 6.22. The Balaban J connectivity index is 2.42. The van der Waals surface area contributed by atoms with Gasteiger partial charge in [0.25, 0.3) is 0 Å². The molecule has 0 spiro atoms. The number of ether oxygens (including phenoxy) is 1. The van der Waals surface area contributed by atoms with E-state index in [9.17, 15) is 4.79 Å². The minimum Gasteiger partial charge on any atom is -0.497 e. The highest BCUT2D eigenvalue weighted by Crippen LogP contribution is 2.13. The normalized spacial score (nSPS) is 11.9. The fourth-order valence-corrected chi connectivity index (χ4v) is 1.66. The molecule has 1 atom stereocenters. The summed E-state index contributed by atoms with van der Waals surface area (Å²) in [6.07, 6.45) is 1.83. The van der Waals surface area contributed by atoms with Gasteiger partial charge in [0.05, 0.1) is 19.8 Å². The fourth-order valence-electron chi connectivity index (χ4n) is 1.66. The summed E-state index contributed by atoms with van der Waals surface area (Å²) in [5, 5.41) is 11.8. The molecule has 1 aromatic rings. The number of carbonyl (C=O) groups is 1. The van der Waals surface area contributed by atoms with Crippen LogP contribution in [0, 0.1) is 0 Å². The van der Waals surface area contributed by atoms with Crippen LogP contribution in [0.2, 0.25) is 0 Å². The quantitative estimate of drug-likeness (QED) is 0.772. The van der Waals surface area contributed by atoms with E-state index in [4.69, 9.17) is 9.84 Å². The van der Waals surface area contributed by atoms with Gasteiger partial charge < -0.3 is 15.2 Å². The molecule has 0 saturated carbocycles. The van der Waals surface area contributed by atoms with Gasteiger partial charge in [-0.1, -0.05) is 19.1 Å². The number of aliphatic hydroxyl groups is 1. The van der Waals surface area contributed by atoms with E-state index in [0.717, 1.165) is 17.7 Å². The number of hydrogen-bond acceptors (Lipinski definition) is 3. The molecule has 4 nitrogen and oxygen atoms in total. The molecule has 2 N–H and O–H groups in total. The molecule has 1 amide bonds. The van der Waals surface area contributed by atoms with E-state index in [-0.39, 0.29) is 18.6 Å². The van der Waals surface area contributed by atoms with E-state index in [1.807, 2.05) is 31.2 Å². The molecule has 0 aliphatic heterocycles. The molecule has 1 aromatic carbocycles. The van der Waals surface area contributed by atoms with E-state index in [1.54, 1.807) is 7.11 Å². The van der Waals surface area contributed by atoms with E-state index in [2.05, 4.69) is 5.32 Å². The number of aryl methyl sites for hydroxylation is 1. The first kappa shape index (κ1) is 14.5. The van der Waals surface area contributed by atoms with Gasteiger partial charge in [0.2, 0.25) is 5.91 Å². The Labute approximate surface area is 108 Å². The maximum atomic E-state index is 11.6. The van der Waals surface area contributed by atoms with Gasteiger partial charge in [-0.3, -0.25) is 4.79 Å². The number of rotatable bonds is 7. The fraction of sp³-hybridized carbons (Fsp3) is 0.500. The summed E-state index contributed by atoms with van der Waals surface area (Å²) >= 11 is 0. The Morgan fingerprint density at radius 2 is 2.28 bits per heavy atom. The van der Waals surface area contributed by atoms with E-state index < -0.39 is 0 Å². The number of hydrogen-bond donors (Lipinski definition) is 2. The van der Waals surface area contributed by atoms with E-state index >= 15 is 0 Å². The second-order valence-corrected chi connectivity index (χ2v) is 4.21. The van der Waals surface area contributed by atoms with Crippen molar-refractivity contribution in [3.8, 4) is 5.75 Å². The minimum atomic E-state index is -0.136. The van der Waals surface area contributed by atoms with Crippen LogP contribution in [0.1, 0.15) is 25.3 Å². The minimum absolute atomic E-state index is 0.0125. The summed E-state index contributed by atoms with van der Waals surface area (Å²) in [6.45, 7) is 1.92. The van der Waals surface area contributed by atoms with Gasteiger partial charge in [-0.05, 0) is 30.5 Å². The molecule has 0 aromatic heterocycles. The van der Waals surface area contributed by atoms with Crippen LogP contribution in [0.15, 0.2) is 24.3 Å². The summed E-state index contributed by atoms with van der Waals surface area (Å²) in [4.78, 5) is 11.6. The molecule has 4 heteroatoms. The van der Waals surface area contributed by atoms with Crippen molar-refractivity contribution in [2.75, 3.05) is 13.7 Å². The molecule has 100 valence electrons. The third-order valence-corrected chi connectivity index (χ3v) is 2.85. The van der Waals surface area contributed by atoms with Crippen LogP contribution in [0.3, 0.4) is 0 Å². The van der Waals surface area contributed by atoms with Crippen LogP contribution < -0.4 is 10.1 Å². The van der Waals surface area contributed by atoms with Crippen LogP contribution in [0.4, 0.5) is 0 Å². The summed E-state index contributed by atoms with van der Waals surface area (Å²) in [6, 6.07) is 7.55. The molecule has 0 saturated heterocycles. The van der Waals surface area contributed by atoms with Gasteiger partial charge in [0, 0.05) is 6.42 Å². The molecule has 0 bridgehead atoms. The van der Waals surface area contributed by atoms with Gasteiger partial charge >= 0.3 is 0 Å². The topological polar surface area (TPSA) is 58.6 Å². The Morgan fingerprint density at radius 1 is 1.50 bits per heavy atom. The summed E-state index contributed by atoms with van der Waals surface area (Å²) < 4.78 is 5.13. The van der Waals surface area contributed by atoms with Crippen molar-refractivity contribution in [1.29, 1.82) is 0 Å². The molecule has 18 heavy (non-hydrogen) atoms. The lowest BCUT2D eigenvalue weighted by molar-refractivity contribution is -0.122. The number of carbonyl (C=O) groups excluding carboxylic acids is 1. The highest BCUT2D eigenvalue weighted by Gasteiger charge is 2.09. The first-order chi connectivity index (χ1) is 8.69. The Bertz CT molecular complexity index is 375. The van der Waals surface area contributed by atoms with Gasteiger partial charge in [-0.15, -0.1) is 0 Å². The lowest BCUT2D eigenvalue weighted by atomic mass is 10.1. The van der Waals surface area contributed by atoms with Gasteiger partial charge in [-0.2, -0.15) is 0 Å². The number of methoxy groups -OCH3 is 1. The van der Waals surface area contributed by atoms with Crippen LogP contribution >= 0.6 is 0 Å². The van der Waals surface area contributed by atoms with Crippen LogP contribution in [-0.4, -0.2) is 30.8 Å². The first-order valence-corrected chi connectivity index (χ1v) is 6.22. The highest BCUT2D eigenvalue weighted by molar-refractivity contribution is 5.76. The monoisotopic (exact) mass is 251 g/mol. The average Bonchev–Trinajstić information content (AvgIpc) is 2.42. The third-order valence-electron chi connectivity index (χ3n) is 2.85. The number of benzene rings is 1. The van der Waals surface area contributed by atoms with Gasteiger partial charge in [0.1, 0.15) is 5.75 Å². The van der Waals surface area contributed by atoms with E-state index in [0.29, 0.717) is 12.8 Å². The Morgan fingerprint density at radius 3 is 2.89 bits per heavy atom. The highest BCUT2D eigenvalue weighted by atomic mass is 16.5. The average molecular weight is 251 g/mol. The molecular formula is C14H21NO3. The summed E-state index contributed by atoms with van der Waals surface area (Å²) in [5.74, 6) is 0.772. The lowest BCUT2D eigenvalue weighted by Crippen LogP contribution is -2.37. The third kappa shape index (κ3) is 4.75.